The normalized spacial score (nSPS) is 16.5. The van der Waals surface area contributed by atoms with Gasteiger partial charge in [0.2, 0.25) is 0 Å². The van der Waals surface area contributed by atoms with Gasteiger partial charge in [-0.3, -0.25) is 4.79 Å². The first-order chi connectivity index (χ1) is 12.5. The van der Waals surface area contributed by atoms with Gasteiger partial charge in [-0.1, -0.05) is 0 Å². The van der Waals surface area contributed by atoms with Crippen molar-refractivity contribution in [2.24, 2.45) is 0 Å². The lowest BCUT2D eigenvalue weighted by Gasteiger charge is -2.27. The molecule has 1 fully saturated rings. The van der Waals surface area contributed by atoms with E-state index in [9.17, 15) is 9.18 Å². The lowest BCUT2D eigenvalue weighted by Crippen LogP contribution is -2.43. The average Bonchev–Trinajstić information content (AvgIpc) is 3.03. The summed E-state index contributed by atoms with van der Waals surface area (Å²) in [5.41, 5.74) is 6.04. The predicted octanol–water partition coefficient (Wildman–Crippen LogP) is 1.83. The summed E-state index contributed by atoms with van der Waals surface area (Å²) in [4.78, 5) is 16.6. The minimum Gasteiger partial charge on any atom is -0.382 e. The highest BCUT2D eigenvalue weighted by atomic mass is 19.1. The number of alkyl halides is 1. The predicted molar refractivity (Wildman–Crippen MR) is 93.2 cm³/mol. The maximum atomic E-state index is 14.7. The number of amides is 1. The maximum Gasteiger partial charge on any atom is 0.263 e. The Balaban J connectivity index is 1.59. The molecule has 3 N–H and O–H groups in total. The maximum absolute atomic E-state index is 14.7. The summed E-state index contributed by atoms with van der Waals surface area (Å²) >= 11 is 0. The number of nitrogens with zero attached hydrogens (tertiary/aromatic N) is 4. The van der Waals surface area contributed by atoms with E-state index in [4.69, 9.17) is 10.5 Å². The van der Waals surface area contributed by atoms with Crippen LogP contribution in [-0.2, 0) is 9.53 Å². The van der Waals surface area contributed by atoms with Crippen molar-refractivity contribution in [1.29, 1.82) is 0 Å². The fraction of sp³-hybridized carbons (Fsp3) is 0.294. The number of fused-ring (bicyclic) bond motifs is 1. The molecule has 1 amide bonds. The molecule has 0 radical (unpaired) electrons. The number of aromatic nitrogens is 4. The van der Waals surface area contributed by atoms with Crippen LogP contribution >= 0.6 is 0 Å². The second kappa shape index (κ2) is 6.34. The third-order valence-corrected chi connectivity index (χ3v) is 4.39. The van der Waals surface area contributed by atoms with Gasteiger partial charge in [-0.05, 0) is 18.2 Å². The molecule has 1 aliphatic heterocycles. The standard InChI is InChI=1S/C17H17FN6O2/c18-17(3-5-26-6-4-17)16(25)22-14-10-24-9-11(1-2-15(24)21-14)12-7-13(19)23-20-8-12/h1-2,7-10H,3-6H2,(H2,19,23)(H,22,25). The van der Waals surface area contributed by atoms with Gasteiger partial charge in [0, 0.05) is 30.2 Å². The number of nitrogens with two attached hydrogens (primary N) is 1. The topological polar surface area (TPSA) is 107 Å². The van der Waals surface area contributed by atoms with Gasteiger partial charge in [-0.2, -0.15) is 5.10 Å². The molecule has 1 aliphatic rings. The Hall–Kier alpha value is -3.07. The molecule has 0 bridgehead atoms. The van der Waals surface area contributed by atoms with Gasteiger partial charge >= 0.3 is 0 Å². The first kappa shape index (κ1) is 16.4. The fourth-order valence-corrected chi connectivity index (χ4v) is 2.91. The SMILES string of the molecule is Nc1cc(-c2ccc3nc(NC(=O)C4(F)CCOCC4)cn3c2)cnn1. The zero-order chi connectivity index (χ0) is 18.1. The Morgan fingerprint density at radius 1 is 1.27 bits per heavy atom. The van der Waals surface area contributed by atoms with E-state index >= 15 is 0 Å². The van der Waals surface area contributed by atoms with E-state index < -0.39 is 11.6 Å². The highest BCUT2D eigenvalue weighted by Gasteiger charge is 2.40. The summed E-state index contributed by atoms with van der Waals surface area (Å²) < 4.78 is 21.5. The van der Waals surface area contributed by atoms with E-state index in [-0.39, 0.29) is 26.1 Å². The number of anilines is 2. The van der Waals surface area contributed by atoms with Gasteiger partial charge in [0.25, 0.3) is 5.91 Å². The van der Waals surface area contributed by atoms with E-state index in [1.165, 1.54) is 0 Å². The number of hydrogen-bond donors (Lipinski definition) is 2. The second-order valence-corrected chi connectivity index (χ2v) is 6.21. The van der Waals surface area contributed by atoms with Crippen molar-refractivity contribution in [2.75, 3.05) is 24.3 Å². The third kappa shape index (κ3) is 3.08. The molecule has 4 heterocycles. The lowest BCUT2D eigenvalue weighted by atomic mass is 9.95. The number of carbonyl (C=O) groups is 1. The number of nitrogen functional groups attached to an aromatic ring is 1. The Bertz CT molecular complexity index is 967. The number of halogens is 1. The molecular weight excluding hydrogens is 339 g/mol. The Kier molecular flexibility index (Phi) is 4.00. The quantitative estimate of drug-likeness (QED) is 0.741. The van der Waals surface area contributed by atoms with Gasteiger partial charge in [0.05, 0.1) is 25.6 Å². The van der Waals surface area contributed by atoms with Crippen LogP contribution < -0.4 is 11.1 Å². The van der Waals surface area contributed by atoms with Crippen molar-refractivity contribution in [2.45, 2.75) is 18.5 Å². The van der Waals surface area contributed by atoms with Crippen LogP contribution in [0.2, 0.25) is 0 Å². The second-order valence-electron chi connectivity index (χ2n) is 6.21. The molecule has 0 atom stereocenters. The summed E-state index contributed by atoms with van der Waals surface area (Å²) in [6.45, 7) is 0.475. The van der Waals surface area contributed by atoms with Crippen LogP contribution in [0.4, 0.5) is 16.0 Å². The van der Waals surface area contributed by atoms with Crippen LogP contribution in [0.3, 0.4) is 0 Å². The van der Waals surface area contributed by atoms with Crippen molar-refractivity contribution < 1.29 is 13.9 Å². The number of hydrogen-bond acceptors (Lipinski definition) is 6. The van der Waals surface area contributed by atoms with E-state index in [0.29, 0.717) is 17.3 Å². The molecule has 1 saturated heterocycles. The van der Waals surface area contributed by atoms with Gasteiger partial charge in [0.1, 0.15) is 11.5 Å². The number of carbonyl (C=O) groups excluding carboxylic acids is 1. The molecule has 4 rings (SSSR count). The van der Waals surface area contributed by atoms with Crippen LogP contribution in [-0.4, -0.2) is 44.4 Å². The fourth-order valence-electron chi connectivity index (χ4n) is 2.91. The molecule has 0 spiro atoms. The zero-order valence-electron chi connectivity index (χ0n) is 13.9. The highest BCUT2D eigenvalue weighted by molar-refractivity contribution is 5.96. The largest absolute Gasteiger partial charge is 0.382 e. The Labute approximate surface area is 148 Å². The minimum atomic E-state index is -1.92. The van der Waals surface area contributed by atoms with Gasteiger partial charge in [-0.25, -0.2) is 9.37 Å². The molecule has 26 heavy (non-hydrogen) atoms. The zero-order valence-corrected chi connectivity index (χ0v) is 13.9. The molecule has 134 valence electrons. The molecule has 3 aromatic heterocycles. The molecule has 0 saturated carbocycles. The molecule has 0 aliphatic carbocycles. The van der Waals surface area contributed by atoms with Gasteiger partial charge in [0.15, 0.2) is 11.5 Å². The van der Waals surface area contributed by atoms with Crippen molar-refractivity contribution >= 4 is 23.2 Å². The molecular formula is C17H17FN6O2. The third-order valence-electron chi connectivity index (χ3n) is 4.39. The average molecular weight is 356 g/mol. The van der Waals surface area contributed by atoms with Gasteiger partial charge < -0.3 is 20.2 Å². The molecule has 8 nitrogen and oxygen atoms in total. The number of pyridine rings is 1. The van der Waals surface area contributed by atoms with Crippen LogP contribution in [0.25, 0.3) is 16.8 Å². The number of rotatable bonds is 3. The van der Waals surface area contributed by atoms with E-state index in [0.717, 1.165) is 11.1 Å². The summed E-state index contributed by atoms with van der Waals surface area (Å²) in [7, 11) is 0. The number of ether oxygens (including phenoxy) is 1. The van der Waals surface area contributed by atoms with Gasteiger partial charge in [-0.15, -0.1) is 5.10 Å². The van der Waals surface area contributed by atoms with Crippen LogP contribution in [0.1, 0.15) is 12.8 Å². The summed E-state index contributed by atoms with van der Waals surface area (Å²) in [5, 5.41) is 10.1. The monoisotopic (exact) mass is 356 g/mol. The smallest absolute Gasteiger partial charge is 0.263 e. The summed E-state index contributed by atoms with van der Waals surface area (Å²) in [6, 6.07) is 5.37. The van der Waals surface area contributed by atoms with Crippen LogP contribution in [0.5, 0.6) is 0 Å². The minimum absolute atomic E-state index is 0.0484. The van der Waals surface area contributed by atoms with Crippen molar-refractivity contribution in [3.8, 4) is 11.1 Å². The number of imidazole rings is 1. The van der Waals surface area contributed by atoms with E-state index in [2.05, 4.69) is 20.5 Å². The van der Waals surface area contributed by atoms with Crippen molar-refractivity contribution in [3.63, 3.8) is 0 Å². The summed E-state index contributed by atoms with van der Waals surface area (Å²) in [6.07, 6.45) is 5.17. The number of nitrogens with one attached hydrogen (secondary N) is 1. The lowest BCUT2D eigenvalue weighted by molar-refractivity contribution is -0.133. The van der Waals surface area contributed by atoms with Crippen LogP contribution in [0, 0.1) is 0 Å². The van der Waals surface area contributed by atoms with E-state index in [1.54, 1.807) is 28.9 Å². The first-order valence-corrected chi connectivity index (χ1v) is 8.19. The highest BCUT2D eigenvalue weighted by Crippen LogP contribution is 2.27. The van der Waals surface area contributed by atoms with Crippen LogP contribution in [0.15, 0.2) is 36.8 Å². The van der Waals surface area contributed by atoms with E-state index in [1.807, 2.05) is 12.3 Å². The first-order valence-electron chi connectivity index (χ1n) is 8.19. The Morgan fingerprint density at radius 2 is 2.08 bits per heavy atom. The molecule has 0 unspecified atom stereocenters. The molecule has 3 aromatic rings. The molecule has 9 heteroatoms. The Morgan fingerprint density at radius 3 is 2.85 bits per heavy atom. The summed E-state index contributed by atoms with van der Waals surface area (Å²) in [5.74, 6) is -0.0653. The van der Waals surface area contributed by atoms with Crippen molar-refractivity contribution in [1.82, 2.24) is 19.6 Å². The molecule has 0 aromatic carbocycles. The van der Waals surface area contributed by atoms with Crippen molar-refractivity contribution in [3.05, 3.63) is 36.8 Å².